The van der Waals surface area contributed by atoms with Crippen molar-refractivity contribution in [2.24, 2.45) is 5.92 Å². The van der Waals surface area contributed by atoms with Crippen LogP contribution in [0.3, 0.4) is 0 Å². The maximum atomic E-state index is 12.2. The Morgan fingerprint density at radius 1 is 1.11 bits per heavy atom. The van der Waals surface area contributed by atoms with Crippen molar-refractivity contribution in [2.45, 2.75) is 19.4 Å². The Bertz CT molecular complexity index is 824. The highest BCUT2D eigenvalue weighted by Crippen LogP contribution is 2.21. The third-order valence-electron chi connectivity index (χ3n) is 4.92. The molecule has 1 amide bonds. The maximum Gasteiger partial charge on any atom is 0.266 e. The summed E-state index contributed by atoms with van der Waals surface area (Å²) in [7, 11) is 3.15. The van der Waals surface area contributed by atoms with E-state index in [1.54, 1.807) is 19.2 Å². The lowest BCUT2D eigenvalue weighted by molar-refractivity contribution is -0.136. The van der Waals surface area contributed by atoms with Crippen LogP contribution in [-0.2, 0) is 16.1 Å². The number of aromatic nitrogens is 2. The average molecular weight is 371 g/mol. The molecule has 0 radical (unpaired) electrons. The second-order valence-corrected chi connectivity index (χ2v) is 6.72. The number of carbonyl (C=O) groups is 1. The first-order chi connectivity index (χ1) is 13.1. The van der Waals surface area contributed by atoms with Gasteiger partial charge in [0.1, 0.15) is 12.4 Å². The molecule has 0 unspecified atom stereocenters. The van der Waals surface area contributed by atoms with Gasteiger partial charge in [-0.15, -0.1) is 0 Å². The zero-order valence-corrected chi connectivity index (χ0v) is 15.8. The second kappa shape index (κ2) is 8.81. The van der Waals surface area contributed by atoms with Crippen LogP contribution in [0.1, 0.15) is 12.8 Å². The lowest BCUT2D eigenvalue weighted by atomic mass is 9.97. The van der Waals surface area contributed by atoms with Gasteiger partial charge >= 0.3 is 0 Å². The molecule has 1 fully saturated rings. The minimum absolute atomic E-state index is 0.0211. The molecule has 144 valence electrons. The van der Waals surface area contributed by atoms with E-state index in [9.17, 15) is 9.59 Å². The molecule has 0 saturated carbocycles. The second-order valence-electron chi connectivity index (χ2n) is 6.72. The van der Waals surface area contributed by atoms with Gasteiger partial charge in [0.15, 0.2) is 0 Å². The van der Waals surface area contributed by atoms with Gasteiger partial charge in [0.25, 0.3) is 5.56 Å². The van der Waals surface area contributed by atoms with Gasteiger partial charge in [-0.3, -0.25) is 9.59 Å². The fourth-order valence-corrected chi connectivity index (χ4v) is 3.32. The summed E-state index contributed by atoms with van der Waals surface area (Å²) in [5.41, 5.74) is 1.58. The predicted octanol–water partition coefficient (Wildman–Crippen LogP) is 1.80. The number of methoxy groups -OCH3 is 2. The van der Waals surface area contributed by atoms with Crippen molar-refractivity contribution in [2.75, 3.05) is 33.9 Å². The Balaban J connectivity index is 1.67. The van der Waals surface area contributed by atoms with Gasteiger partial charge in [0, 0.05) is 38.4 Å². The van der Waals surface area contributed by atoms with Gasteiger partial charge in [0.2, 0.25) is 5.91 Å². The fourth-order valence-electron chi connectivity index (χ4n) is 3.32. The molecule has 0 atom stereocenters. The molecule has 1 aromatic heterocycles. The number of ether oxygens (including phenoxy) is 2. The maximum absolute atomic E-state index is 12.2. The molecular formula is C20H25N3O4. The van der Waals surface area contributed by atoms with Crippen molar-refractivity contribution in [1.82, 2.24) is 14.7 Å². The standard InChI is InChI=1S/C20H25N3O4/c1-26-14-20(25)22-11-9-15(10-12-22)13-23-19(24)8-7-18(21-23)16-3-5-17(27-2)6-4-16/h3-8,15H,9-14H2,1-2H3. The third kappa shape index (κ3) is 4.74. The fraction of sp³-hybridized carbons (Fsp3) is 0.450. The topological polar surface area (TPSA) is 73.7 Å². The van der Waals surface area contributed by atoms with Gasteiger partial charge in [-0.05, 0) is 49.1 Å². The number of rotatable bonds is 6. The highest BCUT2D eigenvalue weighted by molar-refractivity contribution is 5.77. The normalized spacial score (nSPS) is 15.0. The summed E-state index contributed by atoms with van der Waals surface area (Å²) in [5.74, 6) is 1.13. The molecule has 3 rings (SSSR count). The van der Waals surface area contributed by atoms with Gasteiger partial charge in [-0.2, -0.15) is 5.10 Å². The molecule has 0 spiro atoms. The summed E-state index contributed by atoms with van der Waals surface area (Å²) in [6, 6.07) is 10.9. The molecule has 7 nitrogen and oxygen atoms in total. The molecule has 27 heavy (non-hydrogen) atoms. The monoisotopic (exact) mass is 371 g/mol. The van der Waals surface area contributed by atoms with Crippen molar-refractivity contribution in [1.29, 1.82) is 0 Å². The van der Waals surface area contributed by atoms with Gasteiger partial charge in [-0.25, -0.2) is 4.68 Å². The van der Waals surface area contributed by atoms with E-state index in [0.717, 1.165) is 29.8 Å². The molecule has 2 heterocycles. The molecular weight excluding hydrogens is 346 g/mol. The van der Waals surface area contributed by atoms with E-state index in [-0.39, 0.29) is 18.1 Å². The van der Waals surface area contributed by atoms with E-state index in [1.807, 2.05) is 29.2 Å². The smallest absolute Gasteiger partial charge is 0.266 e. The van der Waals surface area contributed by atoms with E-state index in [0.29, 0.717) is 25.6 Å². The summed E-state index contributed by atoms with van der Waals surface area (Å²) in [6.07, 6.45) is 1.71. The van der Waals surface area contributed by atoms with E-state index >= 15 is 0 Å². The molecule has 0 bridgehead atoms. The van der Waals surface area contributed by atoms with Gasteiger partial charge in [0.05, 0.1) is 12.8 Å². The Morgan fingerprint density at radius 2 is 1.81 bits per heavy atom. The predicted molar refractivity (Wildman–Crippen MR) is 102 cm³/mol. The minimum Gasteiger partial charge on any atom is -0.497 e. The largest absolute Gasteiger partial charge is 0.497 e. The van der Waals surface area contributed by atoms with Crippen molar-refractivity contribution < 1.29 is 14.3 Å². The zero-order valence-electron chi connectivity index (χ0n) is 15.8. The summed E-state index contributed by atoms with van der Waals surface area (Å²) < 4.78 is 11.6. The number of likely N-dealkylation sites (tertiary alicyclic amines) is 1. The number of nitrogens with zero attached hydrogens (tertiary/aromatic N) is 3. The number of hydrogen-bond donors (Lipinski definition) is 0. The molecule has 7 heteroatoms. The first-order valence-corrected chi connectivity index (χ1v) is 9.10. The van der Waals surface area contributed by atoms with Crippen molar-refractivity contribution in [3.05, 3.63) is 46.8 Å². The van der Waals surface area contributed by atoms with Crippen LogP contribution >= 0.6 is 0 Å². The number of piperidine rings is 1. The van der Waals surface area contributed by atoms with E-state index < -0.39 is 0 Å². The Kier molecular flexibility index (Phi) is 6.24. The molecule has 0 aliphatic carbocycles. The van der Waals surface area contributed by atoms with E-state index in [1.165, 1.54) is 11.8 Å². The number of benzene rings is 1. The van der Waals surface area contributed by atoms with Crippen LogP contribution in [0.15, 0.2) is 41.2 Å². The van der Waals surface area contributed by atoms with Crippen LogP contribution in [0.4, 0.5) is 0 Å². The van der Waals surface area contributed by atoms with Gasteiger partial charge < -0.3 is 14.4 Å². The van der Waals surface area contributed by atoms with Crippen LogP contribution in [-0.4, -0.2) is 54.5 Å². The first-order valence-electron chi connectivity index (χ1n) is 9.10. The van der Waals surface area contributed by atoms with Crippen LogP contribution in [0.25, 0.3) is 11.3 Å². The number of hydrogen-bond acceptors (Lipinski definition) is 5. The van der Waals surface area contributed by atoms with Crippen molar-refractivity contribution in [3.8, 4) is 17.0 Å². The lowest BCUT2D eigenvalue weighted by Gasteiger charge is -2.31. The summed E-state index contributed by atoms with van der Waals surface area (Å²) in [5, 5.41) is 4.54. The van der Waals surface area contributed by atoms with Gasteiger partial charge in [-0.1, -0.05) is 0 Å². The molecule has 1 aliphatic rings. The van der Waals surface area contributed by atoms with E-state index in [2.05, 4.69) is 5.10 Å². The quantitative estimate of drug-likeness (QED) is 0.774. The average Bonchev–Trinajstić information content (AvgIpc) is 2.70. The van der Waals surface area contributed by atoms with Crippen LogP contribution < -0.4 is 10.3 Å². The van der Waals surface area contributed by atoms with Crippen LogP contribution in [0, 0.1) is 5.92 Å². The Morgan fingerprint density at radius 3 is 2.44 bits per heavy atom. The van der Waals surface area contributed by atoms with Crippen LogP contribution in [0.2, 0.25) is 0 Å². The summed E-state index contributed by atoms with van der Waals surface area (Å²) in [6.45, 7) is 2.07. The third-order valence-corrected chi connectivity index (χ3v) is 4.92. The Hall–Kier alpha value is -2.67. The van der Waals surface area contributed by atoms with Crippen molar-refractivity contribution >= 4 is 5.91 Å². The molecule has 1 aliphatic heterocycles. The SMILES string of the molecule is COCC(=O)N1CCC(Cn2nc(-c3ccc(OC)cc3)ccc2=O)CC1. The molecule has 1 saturated heterocycles. The lowest BCUT2D eigenvalue weighted by Crippen LogP contribution is -2.41. The summed E-state index contributed by atoms with van der Waals surface area (Å²) >= 11 is 0. The van der Waals surface area contributed by atoms with E-state index in [4.69, 9.17) is 9.47 Å². The summed E-state index contributed by atoms with van der Waals surface area (Å²) in [4.78, 5) is 25.9. The van der Waals surface area contributed by atoms with Crippen molar-refractivity contribution in [3.63, 3.8) is 0 Å². The first kappa shape index (κ1) is 19.1. The highest BCUT2D eigenvalue weighted by atomic mass is 16.5. The molecule has 2 aromatic rings. The zero-order chi connectivity index (χ0) is 19.2. The number of carbonyl (C=O) groups excluding carboxylic acids is 1. The highest BCUT2D eigenvalue weighted by Gasteiger charge is 2.23. The van der Waals surface area contributed by atoms with Crippen LogP contribution in [0.5, 0.6) is 5.75 Å². The minimum atomic E-state index is -0.106. The molecule has 1 aromatic carbocycles. The number of amides is 1. The Labute approximate surface area is 158 Å². The molecule has 0 N–H and O–H groups in total.